The highest BCUT2D eigenvalue weighted by Gasteiger charge is 2.41. The van der Waals surface area contributed by atoms with E-state index in [1.165, 1.54) is 19.6 Å². The van der Waals surface area contributed by atoms with Crippen LogP contribution in [0.25, 0.3) is 11.1 Å². The van der Waals surface area contributed by atoms with Crippen LogP contribution in [-0.4, -0.2) is 41.0 Å². The van der Waals surface area contributed by atoms with Gasteiger partial charge in [0, 0.05) is 11.1 Å². The second-order valence-corrected chi connectivity index (χ2v) is 13.0. The minimum Gasteiger partial charge on any atom is -0.496 e. The first-order valence-corrected chi connectivity index (χ1v) is 15.8. The van der Waals surface area contributed by atoms with Crippen molar-refractivity contribution >= 4 is 32.9 Å². The van der Waals surface area contributed by atoms with Crippen LogP contribution in [0.3, 0.4) is 0 Å². The average Bonchev–Trinajstić information content (AvgIpc) is 2.99. The van der Waals surface area contributed by atoms with Crippen LogP contribution in [0.15, 0.2) is 98.1 Å². The van der Waals surface area contributed by atoms with Crippen LogP contribution >= 0.6 is 0 Å². The lowest BCUT2D eigenvalue weighted by molar-refractivity contribution is 0.409. The Morgan fingerprint density at radius 1 is 0.436 bits per heavy atom. The number of benzene rings is 4. The molecule has 0 atom stereocenters. The summed E-state index contributed by atoms with van der Waals surface area (Å²) >= 11 is 0. The molecule has 4 aromatic rings. The van der Waals surface area contributed by atoms with Crippen LogP contribution in [0.4, 0.5) is 0 Å². The summed E-state index contributed by atoms with van der Waals surface area (Å²) in [5, 5.41) is 0. The molecule has 0 aromatic heterocycles. The van der Waals surface area contributed by atoms with E-state index < -0.39 is 0 Å². The Bertz CT molecular complexity index is 1450. The van der Waals surface area contributed by atoms with Gasteiger partial charge in [-0.05, 0) is 48.5 Å². The summed E-state index contributed by atoms with van der Waals surface area (Å²) in [6.45, 7) is 0. The molecule has 6 rings (SSSR count). The van der Waals surface area contributed by atoms with Gasteiger partial charge < -0.3 is 18.9 Å². The molecule has 0 aliphatic carbocycles. The summed E-state index contributed by atoms with van der Waals surface area (Å²) in [6, 6.07) is 25.2. The van der Waals surface area contributed by atoms with Gasteiger partial charge in [0.15, 0.2) is 19.6 Å². The molecule has 0 radical (unpaired) electrons. The molecule has 2 heterocycles. The third-order valence-electron chi connectivity index (χ3n) is 7.40. The summed E-state index contributed by atoms with van der Waals surface area (Å²) in [6.07, 6.45) is 4.53. The van der Waals surface area contributed by atoms with Crippen molar-refractivity contribution in [1.29, 1.82) is 0 Å². The molecule has 4 nitrogen and oxygen atoms in total. The van der Waals surface area contributed by atoms with E-state index >= 15 is 0 Å². The van der Waals surface area contributed by atoms with Gasteiger partial charge in [0.2, 0.25) is 0 Å². The lowest BCUT2D eigenvalue weighted by Gasteiger charge is -2.25. The van der Waals surface area contributed by atoms with E-state index in [0.29, 0.717) is 0 Å². The minimum absolute atomic E-state index is 0.177. The molecule has 2 aliphatic heterocycles. The van der Waals surface area contributed by atoms with Crippen LogP contribution in [0.2, 0.25) is 0 Å². The van der Waals surface area contributed by atoms with Gasteiger partial charge in [0.05, 0.1) is 72.5 Å². The van der Waals surface area contributed by atoms with Crippen molar-refractivity contribution in [2.24, 2.45) is 0 Å². The van der Waals surface area contributed by atoms with Crippen LogP contribution < -0.4 is 18.9 Å². The van der Waals surface area contributed by atoms with Crippen LogP contribution in [-0.2, 0) is 21.8 Å². The summed E-state index contributed by atoms with van der Waals surface area (Å²) in [7, 11) is 6.56. The largest absolute Gasteiger partial charge is 0.496 e. The number of hydrogen-bond acceptors (Lipinski definition) is 4. The number of rotatable bonds is 4. The third kappa shape index (κ3) is 3.86. The fourth-order valence-electron chi connectivity index (χ4n) is 5.59. The maximum Gasteiger partial charge on any atom is 0.172 e. The second-order valence-electron chi connectivity index (χ2n) is 9.23. The van der Waals surface area contributed by atoms with Crippen molar-refractivity contribution in [3.63, 3.8) is 0 Å². The smallest absolute Gasteiger partial charge is 0.172 e. The molecule has 0 spiro atoms. The Labute approximate surface area is 235 Å². The molecule has 196 valence electrons. The van der Waals surface area contributed by atoms with Crippen LogP contribution in [0, 0.1) is 0 Å². The van der Waals surface area contributed by atoms with Crippen molar-refractivity contribution in [2.45, 2.75) is 19.6 Å². The highest BCUT2D eigenvalue weighted by molar-refractivity contribution is 7.96. The van der Waals surface area contributed by atoms with E-state index in [0.717, 1.165) is 56.4 Å². The Hall–Kier alpha value is -3.70. The van der Waals surface area contributed by atoms with E-state index in [4.69, 9.17) is 18.9 Å². The topological polar surface area (TPSA) is 36.9 Å². The lowest BCUT2D eigenvalue weighted by atomic mass is 9.91. The first kappa shape index (κ1) is 25.6. The monoisotopic (exact) mass is 554 g/mol. The van der Waals surface area contributed by atoms with Crippen LogP contribution in [0.5, 0.6) is 23.0 Å². The van der Waals surface area contributed by atoms with Gasteiger partial charge in [-0.2, -0.15) is 0 Å². The van der Waals surface area contributed by atoms with E-state index in [1.807, 2.05) is 24.3 Å². The summed E-state index contributed by atoms with van der Waals surface area (Å²) < 4.78 is 23.8. The molecule has 39 heavy (non-hydrogen) atoms. The zero-order valence-corrected chi connectivity index (χ0v) is 24.5. The zero-order chi connectivity index (χ0) is 27.3. The van der Waals surface area contributed by atoms with E-state index in [2.05, 4.69) is 66.8 Å². The highest BCUT2D eigenvalue weighted by Crippen LogP contribution is 2.52. The quantitative estimate of drug-likeness (QED) is 0.204. The molecule has 0 saturated carbocycles. The molecule has 2 aliphatic rings. The van der Waals surface area contributed by atoms with Gasteiger partial charge in [0.25, 0.3) is 0 Å². The standard InChI is InChI=1S/C33H30O4S2/c1-34-22-11-7-15-26-30(22)20(31-23(35-2)12-8-16-27(31)38(26)5)19-21-32-24(36-3)13-9-17-28(32)39(6)29-18-10-14-25(37-4)33(21)29/h7-18H,1-6H3/q+2. The predicted molar refractivity (Wildman–Crippen MR) is 160 cm³/mol. The summed E-state index contributed by atoms with van der Waals surface area (Å²) in [5.41, 5.74) is 10.0. The minimum atomic E-state index is -0.177. The van der Waals surface area contributed by atoms with Gasteiger partial charge >= 0.3 is 0 Å². The summed E-state index contributed by atoms with van der Waals surface area (Å²) in [4.78, 5) is 4.91. The molecule has 6 heteroatoms. The molecule has 4 aromatic carbocycles. The van der Waals surface area contributed by atoms with Gasteiger partial charge in [-0.3, -0.25) is 0 Å². The van der Waals surface area contributed by atoms with Crippen molar-refractivity contribution in [1.82, 2.24) is 0 Å². The summed E-state index contributed by atoms with van der Waals surface area (Å²) in [5.74, 6) is 3.27. The fourth-order valence-corrected chi connectivity index (χ4v) is 9.23. The van der Waals surface area contributed by atoms with E-state index in [9.17, 15) is 0 Å². The molecule has 0 saturated heterocycles. The predicted octanol–water partition coefficient (Wildman–Crippen LogP) is 6.84. The Morgan fingerprint density at radius 2 is 0.692 bits per heavy atom. The fraction of sp³-hybridized carbons (Fsp3) is 0.182. The van der Waals surface area contributed by atoms with Gasteiger partial charge in [-0.15, -0.1) is 5.73 Å². The van der Waals surface area contributed by atoms with E-state index in [1.54, 1.807) is 28.4 Å². The Morgan fingerprint density at radius 3 is 0.923 bits per heavy atom. The second kappa shape index (κ2) is 10.1. The average molecular weight is 555 g/mol. The van der Waals surface area contributed by atoms with Crippen LogP contribution in [0.1, 0.15) is 22.3 Å². The van der Waals surface area contributed by atoms with Gasteiger partial charge in [0.1, 0.15) is 35.5 Å². The van der Waals surface area contributed by atoms with Crippen molar-refractivity contribution < 1.29 is 18.9 Å². The number of hydrogen-bond donors (Lipinski definition) is 0. The molecule has 0 fully saturated rings. The molecule has 0 N–H and O–H groups in total. The normalized spacial score (nSPS) is 16.8. The zero-order valence-electron chi connectivity index (χ0n) is 22.9. The number of ether oxygens (including phenoxy) is 4. The van der Waals surface area contributed by atoms with Gasteiger partial charge in [-0.25, -0.2) is 0 Å². The maximum absolute atomic E-state index is 5.96. The SMILES string of the molecule is COc1cccc2c1C(=C=C1c3c(OC)cccc3[S+](C)c3cccc(OC)c31)c1c(OC)cccc1[S+]2C. The Balaban J connectivity index is 1.86. The lowest BCUT2D eigenvalue weighted by Crippen LogP contribution is -2.16. The molecule has 0 unspecified atom stereocenters. The highest BCUT2D eigenvalue weighted by atomic mass is 32.2. The van der Waals surface area contributed by atoms with Crippen molar-refractivity contribution in [2.75, 3.05) is 41.0 Å². The number of methoxy groups -OCH3 is 4. The van der Waals surface area contributed by atoms with Gasteiger partial charge in [-0.1, -0.05) is 24.3 Å². The van der Waals surface area contributed by atoms with E-state index in [-0.39, 0.29) is 21.8 Å². The Kier molecular flexibility index (Phi) is 6.64. The first-order chi connectivity index (χ1) is 19.0. The number of fused-ring (bicyclic) bond motifs is 4. The van der Waals surface area contributed by atoms with Crippen molar-refractivity contribution in [3.05, 3.63) is 101 Å². The first-order valence-electron chi connectivity index (χ1n) is 12.6. The molecular formula is C33H30O4S2+2. The molecular weight excluding hydrogens is 524 g/mol. The third-order valence-corrected chi connectivity index (χ3v) is 11.4. The molecule has 0 bridgehead atoms. The molecule has 0 amide bonds. The van der Waals surface area contributed by atoms with Crippen molar-refractivity contribution in [3.8, 4) is 23.0 Å². The maximum atomic E-state index is 5.96.